The Labute approximate surface area is 206 Å². The quantitative estimate of drug-likeness (QED) is 0.565. The summed E-state index contributed by atoms with van der Waals surface area (Å²) in [6.07, 6.45) is 7.45. The summed E-state index contributed by atoms with van der Waals surface area (Å²) in [6, 6.07) is 3.02. The number of urea groups is 1. The highest BCUT2D eigenvalue weighted by Crippen LogP contribution is 2.66. The van der Waals surface area contributed by atoms with Crippen molar-refractivity contribution in [3.05, 3.63) is 24.0 Å². The van der Waals surface area contributed by atoms with Gasteiger partial charge in [0.1, 0.15) is 5.82 Å². The van der Waals surface area contributed by atoms with E-state index in [1.165, 1.54) is 35.7 Å². The molecule has 10 heteroatoms. The van der Waals surface area contributed by atoms with Gasteiger partial charge < -0.3 is 16.4 Å². The van der Waals surface area contributed by atoms with Gasteiger partial charge in [0.05, 0.1) is 16.5 Å². The number of piperidine rings is 1. The summed E-state index contributed by atoms with van der Waals surface area (Å²) in [5.41, 5.74) is 5.46. The van der Waals surface area contributed by atoms with Crippen molar-refractivity contribution in [3.63, 3.8) is 0 Å². The van der Waals surface area contributed by atoms with Gasteiger partial charge in [-0.2, -0.15) is 4.31 Å². The van der Waals surface area contributed by atoms with E-state index in [9.17, 15) is 22.4 Å². The molecule has 35 heavy (non-hydrogen) atoms. The van der Waals surface area contributed by atoms with E-state index in [2.05, 4.69) is 24.5 Å². The van der Waals surface area contributed by atoms with Crippen LogP contribution in [0.25, 0.3) is 0 Å². The highest BCUT2D eigenvalue weighted by atomic mass is 32.2. The number of nitrogens with two attached hydrogens (primary N) is 1. The fourth-order valence-electron chi connectivity index (χ4n) is 8.28. The van der Waals surface area contributed by atoms with Gasteiger partial charge in [0.25, 0.3) is 0 Å². The minimum absolute atomic E-state index is 0.0113. The van der Waals surface area contributed by atoms with E-state index in [0.29, 0.717) is 18.8 Å². The summed E-state index contributed by atoms with van der Waals surface area (Å²) in [5, 5.41) is 5.77. The molecule has 3 atom stereocenters. The molecule has 4 aliphatic carbocycles. The number of carbonyl (C=O) groups is 2. The molecule has 1 heterocycles. The largest absolute Gasteiger partial charge is 0.369 e. The Morgan fingerprint density at radius 3 is 2.40 bits per heavy atom. The topological polar surface area (TPSA) is 122 Å². The van der Waals surface area contributed by atoms with E-state index in [1.54, 1.807) is 0 Å². The van der Waals surface area contributed by atoms with Crippen molar-refractivity contribution >= 4 is 27.6 Å². The number of rotatable bonds is 5. The Kier molecular flexibility index (Phi) is 5.71. The molecule has 192 valence electrons. The average Bonchev–Trinajstić information content (AvgIpc) is 2.72. The maximum Gasteiger partial charge on any atom is 0.319 e. The lowest BCUT2D eigenvalue weighted by molar-refractivity contribution is -0.122. The summed E-state index contributed by atoms with van der Waals surface area (Å²) in [6.45, 7) is 4.87. The monoisotopic (exact) mass is 506 g/mol. The Bertz CT molecular complexity index is 1150. The third-order valence-corrected chi connectivity index (χ3v) is 10.5. The molecule has 0 aromatic heterocycles. The first-order valence-corrected chi connectivity index (χ1v) is 13.9. The first-order chi connectivity index (χ1) is 16.3. The van der Waals surface area contributed by atoms with Crippen LogP contribution in [0.5, 0.6) is 0 Å². The van der Waals surface area contributed by atoms with Crippen LogP contribution in [-0.2, 0) is 14.8 Å². The zero-order valence-corrected chi connectivity index (χ0v) is 21.2. The average molecular weight is 507 g/mol. The Hall–Kier alpha value is -2.20. The normalized spacial score (nSPS) is 36.7. The molecular weight excluding hydrogens is 471 g/mol. The fourth-order valence-corrected chi connectivity index (χ4v) is 9.82. The van der Waals surface area contributed by atoms with Crippen LogP contribution in [0.2, 0.25) is 0 Å². The number of anilines is 1. The minimum Gasteiger partial charge on any atom is -0.369 e. The maximum atomic E-state index is 14.9. The van der Waals surface area contributed by atoms with Gasteiger partial charge >= 0.3 is 6.03 Å². The van der Waals surface area contributed by atoms with Crippen LogP contribution in [-0.4, -0.2) is 43.3 Å². The molecule has 8 nitrogen and oxygen atoms in total. The smallest absolute Gasteiger partial charge is 0.319 e. The molecule has 1 unspecified atom stereocenters. The van der Waals surface area contributed by atoms with Crippen LogP contribution in [0, 0.1) is 28.5 Å². The molecule has 4 N–H and O–H groups in total. The predicted octanol–water partition coefficient (Wildman–Crippen LogP) is 3.58. The van der Waals surface area contributed by atoms with Gasteiger partial charge in [-0.3, -0.25) is 4.79 Å². The highest BCUT2D eigenvalue weighted by molar-refractivity contribution is 7.89. The van der Waals surface area contributed by atoms with Crippen LogP contribution in [0.1, 0.15) is 65.2 Å². The molecule has 0 spiro atoms. The number of benzene rings is 1. The van der Waals surface area contributed by atoms with Crippen molar-refractivity contribution in [1.82, 2.24) is 9.62 Å². The second kappa shape index (κ2) is 8.16. The number of hydrogen-bond donors (Lipinski definition) is 3. The van der Waals surface area contributed by atoms with E-state index in [0.717, 1.165) is 25.3 Å². The molecule has 0 radical (unpaired) electrons. The molecule has 5 aliphatic rings. The van der Waals surface area contributed by atoms with Crippen LogP contribution < -0.4 is 16.4 Å². The van der Waals surface area contributed by atoms with Crippen molar-refractivity contribution in [1.29, 1.82) is 0 Å². The number of nitrogens with zero attached hydrogens (tertiary/aromatic N) is 1. The van der Waals surface area contributed by atoms with Gasteiger partial charge in [-0.1, -0.05) is 13.8 Å². The molecule has 6 rings (SSSR count). The zero-order valence-electron chi connectivity index (χ0n) is 20.4. The second-order valence-electron chi connectivity index (χ2n) is 12.2. The first-order valence-electron chi connectivity index (χ1n) is 12.5. The van der Waals surface area contributed by atoms with E-state index >= 15 is 0 Å². The summed E-state index contributed by atoms with van der Waals surface area (Å²) in [4.78, 5) is 24.2. The lowest BCUT2D eigenvalue weighted by Gasteiger charge is -2.65. The molecule has 1 aromatic rings. The van der Waals surface area contributed by atoms with Gasteiger partial charge in [-0.15, -0.1) is 0 Å². The number of halogens is 1. The standard InChI is InChI=1S/C25H35FN4O4S/c1-23-9-16-10-24(2,13-23)15-25(11-16,14-23)29-22(32)28-20-6-5-18(8-19(20)26)35(33,34)30-7-3-4-17(12-30)21(27)31/h5-6,8,16-17H,3-4,7,9-15H2,1-2H3,(H2,27,31)(H2,28,29,32)/t16?,17?,23-,24-,25?/m0/s1. The van der Waals surface area contributed by atoms with Crippen LogP contribution in [0.4, 0.5) is 14.9 Å². The Morgan fingerprint density at radius 2 is 1.80 bits per heavy atom. The molecule has 1 saturated heterocycles. The van der Waals surface area contributed by atoms with Crippen LogP contribution in [0.15, 0.2) is 23.1 Å². The van der Waals surface area contributed by atoms with Gasteiger partial charge in [0.15, 0.2) is 0 Å². The van der Waals surface area contributed by atoms with Crippen LogP contribution in [0.3, 0.4) is 0 Å². The molecule has 1 aliphatic heterocycles. The van der Waals surface area contributed by atoms with E-state index in [-0.39, 0.29) is 40.0 Å². The third kappa shape index (κ3) is 4.55. The van der Waals surface area contributed by atoms with Crippen molar-refractivity contribution < 1.29 is 22.4 Å². The molecule has 3 amide bonds. The van der Waals surface area contributed by atoms with Gasteiger partial charge in [0.2, 0.25) is 15.9 Å². The molecule has 4 bridgehead atoms. The molecule has 1 aromatic carbocycles. The summed E-state index contributed by atoms with van der Waals surface area (Å²) in [7, 11) is -3.99. The summed E-state index contributed by atoms with van der Waals surface area (Å²) in [5.74, 6) is -1.31. The Morgan fingerprint density at radius 1 is 1.11 bits per heavy atom. The lowest BCUT2D eigenvalue weighted by atomic mass is 9.43. The van der Waals surface area contributed by atoms with E-state index in [4.69, 9.17) is 5.73 Å². The van der Waals surface area contributed by atoms with Crippen LogP contribution >= 0.6 is 0 Å². The second-order valence-corrected chi connectivity index (χ2v) is 14.2. The van der Waals surface area contributed by atoms with Gasteiger partial charge in [0, 0.05) is 18.6 Å². The first kappa shape index (κ1) is 24.5. The minimum atomic E-state index is -3.99. The van der Waals surface area contributed by atoms with Gasteiger partial charge in [-0.05, 0) is 86.3 Å². The fraction of sp³-hybridized carbons (Fsp3) is 0.680. The third-order valence-electron chi connectivity index (χ3n) is 8.62. The van der Waals surface area contributed by atoms with E-state index < -0.39 is 33.7 Å². The summed E-state index contributed by atoms with van der Waals surface area (Å²) < 4.78 is 42.2. The number of carbonyl (C=O) groups excluding carboxylic acids is 2. The predicted molar refractivity (Wildman–Crippen MR) is 129 cm³/mol. The van der Waals surface area contributed by atoms with E-state index in [1.807, 2.05) is 0 Å². The molecular formula is C25H35FN4O4S. The molecule has 5 fully saturated rings. The number of sulfonamides is 1. The Balaban J connectivity index is 1.28. The number of nitrogens with one attached hydrogen (secondary N) is 2. The lowest BCUT2D eigenvalue weighted by Crippen LogP contribution is -2.65. The zero-order chi connectivity index (χ0) is 25.2. The SMILES string of the molecule is C[C@@]12CC3CC(NC(=O)Nc4ccc(S(=O)(=O)N5CCCC(C(N)=O)C5)cc4F)(C1)C[C@@](C)(C3)C2. The maximum absolute atomic E-state index is 14.9. The highest BCUT2D eigenvalue weighted by Gasteiger charge is 2.60. The van der Waals surface area contributed by atoms with Crippen molar-refractivity contribution in [3.8, 4) is 0 Å². The molecule has 4 saturated carbocycles. The summed E-state index contributed by atoms with van der Waals surface area (Å²) >= 11 is 0. The van der Waals surface area contributed by atoms with Gasteiger partial charge in [-0.25, -0.2) is 17.6 Å². The number of amides is 3. The van der Waals surface area contributed by atoms with Crippen molar-refractivity contribution in [2.75, 3.05) is 18.4 Å². The number of primary amides is 1. The van der Waals surface area contributed by atoms with Crippen molar-refractivity contribution in [2.24, 2.45) is 28.4 Å². The van der Waals surface area contributed by atoms with Crippen molar-refractivity contribution in [2.45, 2.75) is 75.6 Å². The number of hydrogen-bond acceptors (Lipinski definition) is 4.